The van der Waals surface area contributed by atoms with Crippen molar-refractivity contribution in [2.45, 2.75) is 25.4 Å². The molecule has 0 bridgehead atoms. The first-order valence-corrected chi connectivity index (χ1v) is 4.97. The van der Waals surface area contributed by atoms with Crippen molar-refractivity contribution in [2.75, 3.05) is 6.61 Å². The zero-order valence-corrected chi connectivity index (χ0v) is 8.30. The maximum atomic E-state index is 5.60. The van der Waals surface area contributed by atoms with Crippen molar-refractivity contribution in [2.24, 2.45) is 0 Å². The van der Waals surface area contributed by atoms with Gasteiger partial charge in [0.25, 0.3) is 0 Å². The summed E-state index contributed by atoms with van der Waals surface area (Å²) in [5.41, 5.74) is 1.08. The second-order valence-corrected chi connectivity index (χ2v) is 3.84. The highest BCUT2D eigenvalue weighted by Crippen LogP contribution is 2.30. The van der Waals surface area contributed by atoms with Crippen molar-refractivity contribution in [3.05, 3.63) is 16.4 Å². The molecule has 1 fully saturated rings. The smallest absolute Gasteiger partial charge is 0.1000 e. The van der Waals surface area contributed by atoms with Crippen LogP contribution in [0.3, 0.4) is 0 Å². The minimum absolute atomic E-state index is 0.218. The fourth-order valence-corrected chi connectivity index (χ4v) is 1.92. The third kappa shape index (κ3) is 1.54. The summed E-state index contributed by atoms with van der Waals surface area (Å²) in [4.78, 5) is 0. The highest BCUT2D eigenvalue weighted by molar-refractivity contribution is 9.10. The van der Waals surface area contributed by atoms with Crippen molar-refractivity contribution in [3.8, 4) is 0 Å². The molecule has 1 aromatic heterocycles. The van der Waals surface area contributed by atoms with Crippen molar-refractivity contribution < 1.29 is 4.74 Å². The van der Waals surface area contributed by atoms with Gasteiger partial charge in [0, 0.05) is 6.61 Å². The lowest BCUT2D eigenvalue weighted by Crippen LogP contribution is -2.12. The van der Waals surface area contributed by atoms with Gasteiger partial charge in [-0.25, -0.2) is 0 Å². The van der Waals surface area contributed by atoms with Crippen molar-refractivity contribution >= 4 is 15.9 Å². The number of aromatic amines is 1. The van der Waals surface area contributed by atoms with Crippen LogP contribution in [-0.4, -0.2) is 16.8 Å². The molecule has 1 saturated heterocycles. The summed E-state index contributed by atoms with van der Waals surface area (Å²) in [5.74, 6) is 0. The zero-order chi connectivity index (χ0) is 8.39. The lowest BCUT2D eigenvalue weighted by Gasteiger charge is -2.21. The van der Waals surface area contributed by atoms with E-state index in [2.05, 4.69) is 26.1 Å². The summed E-state index contributed by atoms with van der Waals surface area (Å²) < 4.78 is 6.62. The van der Waals surface area contributed by atoms with Crippen molar-refractivity contribution in [1.82, 2.24) is 10.2 Å². The van der Waals surface area contributed by atoms with Gasteiger partial charge in [-0.15, -0.1) is 0 Å². The van der Waals surface area contributed by atoms with Crippen LogP contribution in [0.2, 0.25) is 0 Å². The van der Waals surface area contributed by atoms with Gasteiger partial charge in [0.2, 0.25) is 0 Å². The van der Waals surface area contributed by atoms with E-state index in [1.165, 1.54) is 12.8 Å². The van der Waals surface area contributed by atoms with Gasteiger partial charge in [0.15, 0.2) is 0 Å². The Morgan fingerprint density at radius 2 is 2.50 bits per heavy atom. The minimum atomic E-state index is 0.218. The van der Waals surface area contributed by atoms with Gasteiger partial charge in [0.1, 0.15) is 0 Å². The summed E-state index contributed by atoms with van der Waals surface area (Å²) in [6.07, 6.45) is 5.52. The summed E-state index contributed by atoms with van der Waals surface area (Å²) in [5, 5.41) is 6.90. The third-order valence-electron chi connectivity index (χ3n) is 2.12. The monoisotopic (exact) mass is 230 g/mol. The Morgan fingerprint density at radius 1 is 1.58 bits per heavy atom. The van der Waals surface area contributed by atoms with E-state index in [0.717, 1.165) is 23.2 Å². The molecule has 4 heteroatoms. The molecule has 0 radical (unpaired) electrons. The van der Waals surface area contributed by atoms with Gasteiger partial charge < -0.3 is 4.74 Å². The molecule has 0 unspecified atom stereocenters. The zero-order valence-electron chi connectivity index (χ0n) is 6.72. The second-order valence-electron chi connectivity index (χ2n) is 2.99. The minimum Gasteiger partial charge on any atom is -0.372 e. The molecule has 0 aromatic carbocycles. The topological polar surface area (TPSA) is 37.9 Å². The number of halogens is 1. The molecule has 1 N–H and O–H groups in total. The molecule has 0 spiro atoms. The van der Waals surface area contributed by atoms with Crippen LogP contribution < -0.4 is 0 Å². The van der Waals surface area contributed by atoms with E-state index in [9.17, 15) is 0 Å². The Bertz CT molecular complexity index is 255. The fourth-order valence-electron chi connectivity index (χ4n) is 1.48. The molecule has 66 valence electrons. The molecule has 0 aliphatic carbocycles. The molecule has 2 rings (SSSR count). The number of nitrogens with zero attached hydrogens (tertiary/aromatic N) is 1. The van der Waals surface area contributed by atoms with Crippen LogP contribution in [0.1, 0.15) is 31.1 Å². The normalized spacial score (nSPS) is 24.2. The number of hydrogen-bond acceptors (Lipinski definition) is 2. The molecule has 1 aliphatic rings. The summed E-state index contributed by atoms with van der Waals surface area (Å²) in [7, 11) is 0. The Morgan fingerprint density at radius 3 is 3.08 bits per heavy atom. The number of aromatic nitrogens is 2. The van der Waals surface area contributed by atoms with E-state index in [0.29, 0.717) is 0 Å². The molecular formula is C8H11BrN2O. The maximum absolute atomic E-state index is 5.60. The molecule has 0 amide bonds. The van der Waals surface area contributed by atoms with Crippen molar-refractivity contribution in [1.29, 1.82) is 0 Å². The first kappa shape index (κ1) is 8.26. The van der Waals surface area contributed by atoms with Crippen LogP contribution >= 0.6 is 15.9 Å². The number of H-pyrrole nitrogens is 1. The first-order valence-electron chi connectivity index (χ1n) is 4.18. The Balaban J connectivity index is 2.13. The Kier molecular flexibility index (Phi) is 2.46. The van der Waals surface area contributed by atoms with Crippen LogP contribution in [0, 0.1) is 0 Å². The highest BCUT2D eigenvalue weighted by atomic mass is 79.9. The van der Waals surface area contributed by atoms with Crippen LogP contribution in [-0.2, 0) is 4.74 Å². The average molecular weight is 231 g/mol. The Hall–Kier alpha value is -0.350. The lowest BCUT2D eigenvalue weighted by molar-refractivity contribution is 0.0119. The number of hydrogen-bond donors (Lipinski definition) is 1. The summed E-state index contributed by atoms with van der Waals surface area (Å²) in [6.45, 7) is 0.871. The third-order valence-corrected chi connectivity index (χ3v) is 2.75. The maximum Gasteiger partial charge on any atom is 0.1000 e. The van der Waals surface area contributed by atoms with Crippen LogP contribution in [0.25, 0.3) is 0 Å². The summed E-state index contributed by atoms with van der Waals surface area (Å²) in [6, 6.07) is 0. The van der Waals surface area contributed by atoms with Gasteiger partial charge in [-0.2, -0.15) is 5.10 Å². The molecule has 1 aliphatic heterocycles. The first-order chi connectivity index (χ1) is 5.88. The van der Waals surface area contributed by atoms with Crippen LogP contribution in [0.15, 0.2) is 10.7 Å². The van der Waals surface area contributed by atoms with Gasteiger partial charge >= 0.3 is 0 Å². The molecular weight excluding hydrogens is 220 g/mol. The van der Waals surface area contributed by atoms with Gasteiger partial charge in [0.05, 0.1) is 22.5 Å². The fraction of sp³-hybridized carbons (Fsp3) is 0.625. The highest BCUT2D eigenvalue weighted by Gasteiger charge is 2.19. The van der Waals surface area contributed by atoms with E-state index in [-0.39, 0.29) is 6.10 Å². The molecule has 12 heavy (non-hydrogen) atoms. The predicted octanol–water partition coefficient (Wildman–Crippen LogP) is 2.41. The largest absolute Gasteiger partial charge is 0.372 e. The van der Waals surface area contributed by atoms with Crippen molar-refractivity contribution in [3.63, 3.8) is 0 Å². The van der Waals surface area contributed by atoms with E-state index in [1.807, 2.05) is 0 Å². The standard InChI is InChI=1S/C8H11BrN2O/c9-6-5-10-11-8(6)7-3-1-2-4-12-7/h5,7H,1-4H2,(H,10,11)/t7-/m0/s1. The van der Waals surface area contributed by atoms with Gasteiger partial charge in [-0.3, -0.25) is 5.10 Å². The SMILES string of the molecule is Brc1cn[nH]c1[C@@H]1CCCCO1. The molecule has 3 nitrogen and oxygen atoms in total. The number of nitrogens with one attached hydrogen (secondary N) is 1. The van der Waals surface area contributed by atoms with E-state index >= 15 is 0 Å². The van der Waals surface area contributed by atoms with Gasteiger partial charge in [-0.1, -0.05) is 0 Å². The second kappa shape index (κ2) is 3.58. The molecule has 0 saturated carbocycles. The molecule has 2 heterocycles. The van der Waals surface area contributed by atoms with E-state index in [4.69, 9.17) is 4.74 Å². The van der Waals surface area contributed by atoms with Crippen LogP contribution in [0.5, 0.6) is 0 Å². The quantitative estimate of drug-likeness (QED) is 0.805. The predicted molar refractivity (Wildman–Crippen MR) is 48.8 cm³/mol. The number of rotatable bonds is 1. The number of ether oxygens (including phenoxy) is 1. The lowest BCUT2D eigenvalue weighted by atomic mass is 10.1. The Labute approximate surface area is 79.6 Å². The van der Waals surface area contributed by atoms with E-state index in [1.54, 1.807) is 6.20 Å². The molecule has 1 aromatic rings. The van der Waals surface area contributed by atoms with E-state index < -0.39 is 0 Å². The molecule has 1 atom stereocenters. The van der Waals surface area contributed by atoms with Gasteiger partial charge in [-0.05, 0) is 35.2 Å². The summed E-state index contributed by atoms with van der Waals surface area (Å²) >= 11 is 3.43. The van der Waals surface area contributed by atoms with Crippen LogP contribution in [0.4, 0.5) is 0 Å². The average Bonchev–Trinajstić information content (AvgIpc) is 2.53.